The number of halogens is 1. The third-order valence-corrected chi connectivity index (χ3v) is 8.25. The summed E-state index contributed by atoms with van der Waals surface area (Å²) in [7, 11) is 1.57. The van der Waals surface area contributed by atoms with Crippen molar-refractivity contribution in [3.05, 3.63) is 120 Å². The average molecular weight is 577 g/mol. The van der Waals surface area contributed by atoms with E-state index in [0.29, 0.717) is 36.9 Å². The molecule has 4 aromatic rings. The van der Waals surface area contributed by atoms with Crippen LogP contribution in [0.4, 0.5) is 0 Å². The first-order valence-corrected chi connectivity index (χ1v) is 14.6. The van der Waals surface area contributed by atoms with Crippen molar-refractivity contribution in [2.24, 2.45) is 4.99 Å². The molecule has 39 heavy (non-hydrogen) atoms. The zero-order chi connectivity index (χ0) is 27.5. The van der Waals surface area contributed by atoms with Crippen molar-refractivity contribution < 1.29 is 14.3 Å². The lowest BCUT2D eigenvalue weighted by Crippen LogP contribution is -2.40. The van der Waals surface area contributed by atoms with Crippen LogP contribution < -0.4 is 19.6 Å². The Morgan fingerprint density at radius 2 is 1.87 bits per heavy atom. The molecule has 0 spiro atoms. The molecule has 0 N–H and O–H groups in total. The molecule has 0 bridgehead atoms. The van der Waals surface area contributed by atoms with E-state index in [1.807, 2.05) is 60.9 Å². The van der Waals surface area contributed by atoms with Crippen molar-refractivity contribution in [2.45, 2.75) is 17.9 Å². The minimum atomic E-state index is -0.727. The fourth-order valence-corrected chi connectivity index (χ4v) is 6.08. The van der Waals surface area contributed by atoms with Crippen LogP contribution in [0, 0.1) is 0 Å². The molecule has 3 aromatic carbocycles. The summed E-state index contributed by atoms with van der Waals surface area (Å²) in [5, 5.41) is 0.526. The number of hydrogen-bond acceptors (Lipinski definition) is 7. The van der Waals surface area contributed by atoms with Crippen molar-refractivity contribution in [1.29, 1.82) is 0 Å². The van der Waals surface area contributed by atoms with Crippen LogP contribution in [0.2, 0.25) is 5.02 Å². The fourth-order valence-electron chi connectivity index (χ4n) is 4.50. The summed E-state index contributed by atoms with van der Waals surface area (Å²) in [6, 6.07) is 21.9. The van der Waals surface area contributed by atoms with Crippen LogP contribution in [0.1, 0.15) is 29.7 Å². The highest BCUT2D eigenvalue weighted by atomic mass is 35.5. The summed E-state index contributed by atoms with van der Waals surface area (Å²) in [6.07, 6.45) is 3.75. The predicted octanol–water partition coefficient (Wildman–Crippen LogP) is 5.32. The Bertz CT molecular complexity index is 1740. The summed E-state index contributed by atoms with van der Waals surface area (Å²) in [5.41, 5.74) is 2.76. The molecule has 6 nitrogen and oxygen atoms in total. The predicted molar refractivity (Wildman–Crippen MR) is 157 cm³/mol. The monoisotopic (exact) mass is 576 g/mol. The molecular weight excluding hydrogens is 552 g/mol. The first-order valence-electron chi connectivity index (χ1n) is 12.2. The second-order valence-electron chi connectivity index (χ2n) is 8.59. The molecule has 1 aliphatic rings. The van der Waals surface area contributed by atoms with E-state index in [0.717, 1.165) is 16.0 Å². The SMILES string of the molecule is CCOC(=O)C1=C(c2ccccc2)N=c2s/c(=C\c3cc(Cl)ccc3OC)c(=O)n2[C@@H]1c1ccc(SC)cc1. The van der Waals surface area contributed by atoms with Gasteiger partial charge in [0.25, 0.3) is 5.56 Å². The molecule has 9 heteroatoms. The Morgan fingerprint density at radius 1 is 1.13 bits per heavy atom. The molecule has 5 rings (SSSR count). The Kier molecular flexibility index (Phi) is 8.07. The number of esters is 1. The summed E-state index contributed by atoms with van der Waals surface area (Å²) in [4.78, 5) is 34.0. The first kappa shape index (κ1) is 27.0. The molecule has 0 saturated carbocycles. The highest BCUT2D eigenvalue weighted by molar-refractivity contribution is 7.98. The number of carbonyl (C=O) groups excluding carboxylic acids is 1. The van der Waals surface area contributed by atoms with Gasteiger partial charge < -0.3 is 9.47 Å². The highest BCUT2D eigenvalue weighted by Crippen LogP contribution is 2.35. The van der Waals surface area contributed by atoms with E-state index >= 15 is 0 Å². The van der Waals surface area contributed by atoms with Crippen molar-refractivity contribution >= 4 is 52.4 Å². The normalized spacial score (nSPS) is 15.1. The minimum absolute atomic E-state index is 0.196. The third-order valence-electron chi connectivity index (χ3n) is 6.28. The lowest BCUT2D eigenvalue weighted by atomic mass is 9.93. The smallest absolute Gasteiger partial charge is 0.338 e. The minimum Gasteiger partial charge on any atom is -0.496 e. The van der Waals surface area contributed by atoms with Crippen LogP contribution in [-0.2, 0) is 9.53 Å². The topological polar surface area (TPSA) is 69.9 Å². The summed E-state index contributed by atoms with van der Waals surface area (Å²) >= 11 is 9.12. The number of thiazole rings is 1. The number of carbonyl (C=O) groups is 1. The van der Waals surface area contributed by atoms with Crippen LogP contribution in [0.25, 0.3) is 11.8 Å². The summed E-state index contributed by atoms with van der Waals surface area (Å²) < 4.78 is 13.0. The maximum atomic E-state index is 14.0. The van der Waals surface area contributed by atoms with Gasteiger partial charge in [0.1, 0.15) is 5.75 Å². The number of nitrogens with zero attached hydrogens (tertiary/aromatic N) is 2. The van der Waals surface area contributed by atoms with Gasteiger partial charge in [0.2, 0.25) is 0 Å². The van der Waals surface area contributed by atoms with E-state index in [1.165, 1.54) is 11.3 Å². The van der Waals surface area contributed by atoms with Gasteiger partial charge in [-0.15, -0.1) is 11.8 Å². The van der Waals surface area contributed by atoms with Gasteiger partial charge >= 0.3 is 5.97 Å². The molecule has 0 radical (unpaired) electrons. The molecule has 0 saturated heterocycles. The van der Waals surface area contributed by atoms with E-state index in [4.69, 9.17) is 26.1 Å². The van der Waals surface area contributed by atoms with Gasteiger partial charge in [-0.2, -0.15) is 0 Å². The van der Waals surface area contributed by atoms with Gasteiger partial charge in [-0.25, -0.2) is 9.79 Å². The highest BCUT2D eigenvalue weighted by Gasteiger charge is 2.35. The number of ether oxygens (including phenoxy) is 2. The van der Waals surface area contributed by atoms with Gasteiger partial charge in [-0.1, -0.05) is 65.4 Å². The molecule has 0 aliphatic carbocycles. The third kappa shape index (κ3) is 5.32. The van der Waals surface area contributed by atoms with Crippen molar-refractivity contribution in [3.63, 3.8) is 0 Å². The summed E-state index contributed by atoms with van der Waals surface area (Å²) in [5.74, 6) is 0.0801. The van der Waals surface area contributed by atoms with Gasteiger partial charge in [0.15, 0.2) is 4.80 Å². The average Bonchev–Trinajstić information content (AvgIpc) is 3.27. The number of methoxy groups -OCH3 is 1. The zero-order valence-electron chi connectivity index (χ0n) is 21.5. The van der Waals surface area contributed by atoms with Gasteiger partial charge in [-0.05, 0) is 55.2 Å². The van der Waals surface area contributed by atoms with Crippen molar-refractivity contribution in [2.75, 3.05) is 20.0 Å². The van der Waals surface area contributed by atoms with Crippen LogP contribution in [0.5, 0.6) is 5.75 Å². The van der Waals surface area contributed by atoms with E-state index in [2.05, 4.69) is 0 Å². The molecule has 0 unspecified atom stereocenters. The number of hydrogen-bond donors (Lipinski definition) is 0. The maximum Gasteiger partial charge on any atom is 0.338 e. The van der Waals surface area contributed by atoms with Crippen molar-refractivity contribution in [1.82, 2.24) is 4.57 Å². The van der Waals surface area contributed by atoms with Crippen LogP contribution >= 0.6 is 34.7 Å². The van der Waals surface area contributed by atoms with E-state index in [-0.39, 0.29) is 12.2 Å². The number of fused-ring (bicyclic) bond motifs is 1. The Hall–Kier alpha value is -3.59. The molecule has 2 heterocycles. The maximum absolute atomic E-state index is 14.0. The lowest BCUT2D eigenvalue weighted by molar-refractivity contribution is -0.138. The van der Waals surface area contributed by atoms with Crippen molar-refractivity contribution in [3.8, 4) is 5.75 Å². The largest absolute Gasteiger partial charge is 0.496 e. The molecule has 1 aliphatic heterocycles. The number of rotatable bonds is 7. The lowest BCUT2D eigenvalue weighted by Gasteiger charge is -2.26. The number of thioether (sulfide) groups is 1. The molecule has 0 fully saturated rings. The Morgan fingerprint density at radius 3 is 2.54 bits per heavy atom. The molecular formula is C30H25ClN2O4S2. The quantitative estimate of drug-likeness (QED) is 0.220. The first-order chi connectivity index (χ1) is 18.9. The number of benzene rings is 3. The van der Waals surface area contributed by atoms with Crippen LogP contribution in [0.3, 0.4) is 0 Å². The molecule has 0 amide bonds. The van der Waals surface area contributed by atoms with Gasteiger partial charge in [-0.3, -0.25) is 9.36 Å². The van der Waals surface area contributed by atoms with Crippen LogP contribution in [0.15, 0.2) is 93.1 Å². The second-order valence-corrected chi connectivity index (χ2v) is 10.9. The van der Waals surface area contributed by atoms with Gasteiger partial charge in [0.05, 0.1) is 35.6 Å². The van der Waals surface area contributed by atoms with E-state index in [1.54, 1.807) is 54.6 Å². The second kappa shape index (κ2) is 11.7. The molecule has 1 aromatic heterocycles. The van der Waals surface area contributed by atoms with Gasteiger partial charge in [0, 0.05) is 21.0 Å². The molecule has 198 valence electrons. The van der Waals surface area contributed by atoms with E-state index < -0.39 is 12.0 Å². The standard InChI is InChI=1S/C30H25ClN2O4S2/c1-4-37-29(35)25-26(18-8-6-5-7-9-18)32-30-33(27(25)19-10-13-22(38-3)14-11-19)28(34)24(39-30)17-20-16-21(31)12-15-23(20)36-2/h5-17,27H,4H2,1-3H3/b24-17-/t27-/m1/s1. The van der Waals surface area contributed by atoms with E-state index in [9.17, 15) is 9.59 Å². The summed E-state index contributed by atoms with van der Waals surface area (Å²) in [6.45, 7) is 1.96. The number of aromatic nitrogens is 1. The molecule has 1 atom stereocenters. The van der Waals surface area contributed by atoms with Crippen LogP contribution in [-0.4, -0.2) is 30.5 Å². The Labute approximate surface area is 238 Å². The fraction of sp³-hybridized carbons (Fsp3) is 0.167. The Balaban J connectivity index is 1.83. The zero-order valence-corrected chi connectivity index (χ0v) is 23.9.